The lowest BCUT2D eigenvalue weighted by molar-refractivity contribution is -0.0282. The van der Waals surface area contributed by atoms with Gasteiger partial charge >= 0.3 is 0 Å². The number of morpholine rings is 1. The van der Waals surface area contributed by atoms with Crippen LogP contribution in [0, 0.1) is 0 Å². The average molecular weight is 283 g/mol. The number of nitrogens with one attached hydrogen (secondary N) is 1. The van der Waals surface area contributed by atoms with Crippen LogP contribution in [0.25, 0.3) is 0 Å². The van der Waals surface area contributed by atoms with E-state index in [9.17, 15) is 0 Å². The van der Waals surface area contributed by atoms with Gasteiger partial charge < -0.3 is 10.1 Å². The standard InChI is InChI=1S/C14H25N3OS/c1-4-6-15-11(3)13-9-16-14(19-13)12-10-17(5-2)7-8-18-12/h9,11-12,15H,4-8,10H2,1-3H3. The van der Waals surface area contributed by atoms with Crippen molar-refractivity contribution in [1.29, 1.82) is 0 Å². The van der Waals surface area contributed by atoms with Gasteiger partial charge in [0, 0.05) is 30.2 Å². The molecule has 1 N–H and O–H groups in total. The Bertz CT molecular complexity index is 383. The molecule has 0 spiro atoms. The first kappa shape index (κ1) is 14.9. The predicted octanol–water partition coefficient (Wildman–Crippen LogP) is 2.60. The Kier molecular flexibility index (Phi) is 5.76. The van der Waals surface area contributed by atoms with Gasteiger partial charge in [-0.2, -0.15) is 0 Å². The van der Waals surface area contributed by atoms with E-state index in [0.717, 1.165) is 44.2 Å². The lowest BCUT2D eigenvalue weighted by atomic mass is 10.3. The van der Waals surface area contributed by atoms with Crippen molar-refractivity contribution in [2.24, 2.45) is 0 Å². The van der Waals surface area contributed by atoms with Crippen LogP contribution < -0.4 is 5.32 Å². The van der Waals surface area contributed by atoms with Gasteiger partial charge in [0.15, 0.2) is 0 Å². The molecule has 0 amide bonds. The first-order chi connectivity index (χ1) is 9.24. The number of hydrogen-bond acceptors (Lipinski definition) is 5. The van der Waals surface area contributed by atoms with Crippen LogP contribution in [0.5, 0.6) is 0 Å². The second-order valence-electron chi connectivity index (χ2n) is 5.03. The number of nitrogens with zero attached hydrogens (tertiary/aromatic N) is 2. The summed E-state index contributed by atoms with van der Waals surface area (Å²) >= 11 is 1.79. The summed E-state index contributed by atoms with van der Waals surface area (Å²) in [7, 11) is 0. The molecular weight excluding hydrogens is 258 g/mol. The first-order valence-electron chi connectivity index (χ1n) is 7.27. The summed E-state index contributed by atoms with van der Waals surface area (Å²) in [4.78, 5) is 8.30. The minimum absolute atomic E-state index is 0.158. The summed E-state index contributed by atoms with van der Waals surface area (Å²) in [6, 6.07) is 0.386. The molecule has 0 saturated carbocycles. The number of likely N-dealkylation sites (N-methyl/N-ethyl adjacent to an activating group) is 1. The average Bonchev–Trinajstić information content (AvgIpc) is 2.94. The number of hydrogen-bond donors (Lipinski definition) is 1. The molecule has 4 nitrogen and oxygen atoms in total. The highest BCUT2D eigenvalue weighted by atomic mass is 32.1. The van der Waals surface area contributed by atoms with Crippen LogP contribution in [0.2, 0.25) is 0 Å². The second-order valence-corrected chi connectivity index (χ2v) is 6.12. The zero-order valence-corrected chi connectivity index (χ0v) is 13.0. The van der Waals surface area contributed by atoms with Gasteiger partial charge in [0.05, 0.1) is 6.61 Å². The van der Waals surface area contributed by atoms with Crippen molar-refractivity contribution in [3.8, 4) is 0 Å². The molecule has 0 aliphatic carbocycles. The van der Waals surface area contributed by atoms with Gasteiger partial charge in [0.2, 0.25) is 0 Å². The summed E-state index contributed by atoms with van der Waals surface area (Å²) in [6.07, 6.45) is 3.32. The van der Waals surface area contributed by atoms with Crippen molar-refractivity contribution >= 4 is 11.3 Å². The fraction of sp³-hybridized carbons (Fsp3) is 0.786. The molecule has 1 fully saturated rings. The van der Waals surface area contributed by atoms with Crippen molar-refractivity contribution < 1.29 is 4.74 Å². The topological polar surface area (TPSA) is 37.4 Å². The zero-order chi connectivity index (χ0) is 13.7. The Hall–Kier alpha value is -0.490. The summed E-state index contributed by atoms with van der Waals surface area (Å²) in [6.45, 7) is 11.6. The molecule has 1 aromatic heterocycles. The zero-order valence-electron chi connectivity index (χ0n) is 12.2. The molecule has 19 heavy (non-hydrogen) atoms. The molecule has 0 radical (unpaired) electrons. The van der Waals surface area contributed by atoms with Crippen molar-refractivity contribution in [2.75, 3.05) is 32.8 Å². The van der Waals surface area contributed by atoms with Gasteiger partial charge in [-0.15, -0.1) is 11.3 Å². The molecule has 1 saturated heterocycles. The van der Waals surface area contributed by atoms with Gasteiger partial charge in [-0.05, 0) is 26.4 Å². The Balaban J connectivity index is 1.96. The normalized spacial score (nSPS) is 22.6. The largest absolute Gasteiger partial charge is 0.368 e. The van der Waals surface area contributed by atoms with E-state index in [1.807, 2.05) is 6.20 Å². The maximum absolute atomic E-state index is 5.86. The molecule has 0 bridgehead atoms. The van der Waals surface area contributed by atoms with Crippen LogP contribution in [-0.2, 0) is 4.74 Å². The van der Waals surface area contributed by atoms with Crippen molar-refractivity contribution in [1.82, 2.24) is 15.2 Å². The molecule has 5 heteroatoms. The third-order valence-corrected chi connectivity index (χ3v) is 4.81. The Morgan fingerprint density at radius 2 is 2.42 bits per heavy atom. The van der Waals surface area contributed by atoms with Crippen LogP contribution in [0.15, 0.2) is 6.20 Å². The third kappa shape index (κ3) is 3.99. The highest BCUT2D eigenvalue weighted by Gasteiger charge is 2.24. The minimum atomic E-state index is 0.158. The molecule has 1 aliphatic rings. The van der Waals surface area contributed by atoms with E-state index in [1.54, 1.807) is 11.3 Å². The Morgan fingerprint density at radius 1 is 1.58 bits per heavy atom. The van der Waals surface area contributed by atoms with Gasteiger partial charge in [-0.3, -0.25) is 4.90 Å². The van der Waals surface area contributed by atoms with Crippen LogP contribution in [-0.4, -0.2) is 42.7 Å². The first-order valence-corrected chi connectivity index (χ1v) is 8.09. The summed E-state index contributed by atoms with van der Waals surface area (Å²) in [5, 5.41) is 4.63. The van der Waals surface area contributed by atoms with Crippen molar-refractivity contribution in [3.63, 3.8) is 0 Å². The fourth-order valence-corrected chi connectivity index (χ4v) is 3.24. The molecule has 2 heterocycles. The van der Waals surface area contributed by atoms with Gasteiger partial charge in [0.25, 0.3) is 0 Å². The molecule has 1 aromatic rings. The molecule has 0 aromatic carbocycles. The highest BCUT2D eigenvalue weighted by molar-refractivity contribution is 7.11. The van der Waals surface area contributed by atoms with Crippen LogP contribution in [0.4, 0.5) is 0 Å². The van der Waals surface area contributed by atoms with Crippen LogP contribution in [0.3, 0.4) is 0 Å². The molecule has 2 unspecified atom stereocenters. The van der Waals surface area contributed by atoms with E-state index in [2.05, 4.69) is 36.0 Å². The third-order valence-electron chi connectivity index (χ3n) is 3.54. The van der Waals surface area contributed by atoms with Gasteiger partial charge in [-0.25, -0.2) is 4.98 Å². The SMILES string of the molecule is CCCNC(C)c1cnc(C2CN(CC)CCO2)s1. The van der Waals surface area contributed by atoms with Gasteiger partial charge in [-0.1, -0.05) is 13.8 Å². The lowest BCUT2D eigenvalue weighted by Gasteiger charge is -2.30. The molecule has 108 valence electrons. The van der Waals surface area contributed by atoms with Crippen LogP contribution in [0.1, 0.15) is 49.2 Å². The van der Waals surface area contributed by atoms with E-state index in [-0.39, 0.29) is 6.10 Å². The van der Waals surface area contributed by atoms with Crippen molar-refractivity contribution in [2.45, 2.75) is 39.3 Å². The summed E-state index contributed by atoms with van der Waals surface area (Å²) in [5.74, 6) is 0. The predicted molar refractivity (Wildman–Crippen MR) is 79.6 cm³/mol. The second kappa shape index (κ2) is 7.33. The lowest BCUT2D eigenvalue weighted by Crippen LogP contribution is -2.37. The van der Waals surface area contributed by atoms with E-state index in [4.69, 9.17) is 4.74 Å². The van der Waals surface area contributed by atoms with E-state index < -0.39 is 0 Å². The van der Waals surface area contributed by atoms with E-state index in [1.165, 1.54) is 4.88 Å². The maximum atomic E-state index is 5.86. The quantitative estimate of drug-likeness (QED) is 0.871. The highest BCUT2D eigenvalue weighted by Crippen LogP contribution is 2.29. The molecule has 2 rings (SSSR count). The number of thiazole rings is 1. The summed E-state index contributed by atoms with van der Waals surface area (Å²) in [5.41, 5.74) is 0. The minimum Gasteiger partial charge on any atom is -0.368 e. The Morgan fingerprint density at radius 3 is 3.16 bits per heavy atom. The monoisotopic (exact) mass is 283 g/mol. The number of rotatable bonds is 6. The number of ether oxygens (including phenoxy) is 1. The molecule has 2 atom stereocenters. The molecule has 1 aliphatic heterocycles. The van der Waals surface area contributed by atoms with E-state index >= 15 is 0 Å². The fourth-order valence-electron chi connectivity index (χ4n) is 2.25. The smallest absolute Gasteiger partial charge is 0.123 e. The van der Waals surface area contributed by atoms with Crippen molar-refractivity contribution in [3.05, 3.63) is 16.1 Å². The Labute approximate surface area is 120 Å². The van der Waals surface area contributed by atoms with E-state index in [0.29, 0.717) is 6.04 Å². The maximum Gasteiger partial charge on any atom is 0.123 e. The number of aromatic nitrogens is 1. The van der Waals surface area contributed by atoms with Gasteiger partial charge in [0.1, 0.15) is 11.1 Å². The summed E-state index contributed by atoms with van der Waals surface area (Å²) < 4.78 is 5.86. The molecular formula is C14H25N3OS. The van der Waals surface area contributed by atoms with Crippen LogP contribution >= 0.6 is 11.3 Å².